The predicted molar refractivity (Wildman–Crippen MR) is 199 cm³/mol. The van der Waals surface area contributed by atoms with E-state index in [2.05, 4.69) is 22.0 Å². The maximum atomic E-state index is 14.2. The molecule has 2 unspecified atom stereocenters. The summed E-state index contributed by atoms with van der Waals surface area (Å²) in [6.45, 7) is 19.0. The molecular weight excluding hydrogens is 666 g/mol. The number of nitrogens with zero attached hydrogens (tertiary/aromatic N) is 2. The van der Waals surface area contributed by atoms with Crippen molar-refractivity contribution in [1.82, 2.24) is 25.8 Å². The number of carbonyl (C=O) groups is 6. The fourth-order valence-electron chi connectivity index (χ4n) is 5.92. The van der Waals surface area contributed by atoms with E-state index in [-0.39, 0.29) is 43.7 Å². The number of likely N-dealkylation sites (N-methyl/N-ethyl adjacent to an activating group) is 1. The van der Waals surface area contributed by atoms with Crippen molar-refractivity contribution < 1.29 is 39.0 Å². The number of amides is 5. The summed E-state index contributed by atoms with van der Waals surface area (Å²) in [5.41, 5.74) is 1.33. The Kier molecular flexibility index (Phi) is 15.5. The van der Waals surface area contributed by atoms with Crippen LogP contribution in [-0.2, 0) is 34.2 Å². The molecule has 1 heterocycles. The molecule has 5 amide bonds. The summed E-state index contributed by atoms with van der Waals surface area (Å²) in [5, 5.41) is 29.1. The van der Waals surface area contributed by atoms with Gasteiger partial charge in [0.05, 0.1) is 6.04 Å². The highest BCUT2D eigenvalue weighted by molar-refractivity contribution is 6.12. The molecule has 288 valence electrons. The molecule has 52 heavy (non-hydrogen) atoms. The van der Waals surface area contributed by atoms with Crippen LogP contribution in [0.5, 0.6) is 0 Å². The molecule has 0 saturated carbocycles. The van der Waals surface area contributed by atoms with Gasteiger partial charge in [0, 0.05) is 50.0 Å². The number of aliphatic hydroxyl groups excluding tert-OH is 1. The second-order valence-electron chi connectivity index (χ2n) is 15.7. The number of imide groups is 1. The lowest BCUT2D eigenvalue weighted by atomic mass is 9.73. The van der Waals surface area contributed by atoms with E-state index in [9.17, 15) is 39.0 Å². The first kappa shape index (κ1) is 43.8. The molecule has 0 bridgehead atoms. The van der Waals surface area contributed by atoms with Gasteiger partial charge in [-0.25, -0.2) is 0 Å². The van der Waals surface area contributed by atoms with E-state index in [0.717, 1.165) is 28.2 Å². The van der Waals surface area contributed by atoms with Gasteiger partial charge < -0.3 is 25.7 Å². The normalized spacial score (nSPS) is 16.7. The molecule has 0 radical (unpaired) electrons. The Labute approximate surface area is 308 Å². The third kappa shape index (κ3) is 11.8. The first-order valence-corrected chi connectivity index (χ1v) is 17.8. The zero-order valence-electron chi connectivity index (χ0n) is 32.6. The van der Waals surface area contributed by atoms with Crippen LogP contribution < -0.4 is 16.0 Å². The third-order valence-electron chi connectivity index (χ3n) is 9.86. The predicted octanol–water partition coefficient (Wildman–Crippen LogP) is 3.05. The monoisotopic (exact) mass is 725 g/mol. The van der Waals surface area contributed by atoms with Gasteiger partial charge in [-0.3, -0.25) is 39.0 Å². The van der Waals surface area contributed by atoms with Crippen molar-refractivity contribution >= 4 is 35.5 Å². The molecule has 0 aromatic heterocycles. The second-order valence-corrected chi connectivity index (χ2v) is 15.7. The van der Waals surface area contributed by atoms with Gasteiger partial charge >= 0.3 is 5.97 Å². The lowest BCUT2D eigenvalue weighted by molar-refractivity contribution is -0.141. The molecule has 0 aliphatic carbocycles. The standard InChI is InChI=1S/C39H59N5O8/c1-23(2)29(22-25(4)34(48)41-28(37(51)52)15-16-30(45)40-19-20-44-31(46)17-18-32(44)47)43(11)36(50)33(38(6,7)8)42-35(49)26(5)39(9,10)27-14-12-13-24(3)21-27/h12-14,17-18,21-23,26,28-29,33-34,41,48H,15-16,19-20H2,1-11H3,(H,40,45)(H,42,49)(H,51,52)/b25-22+/t26-,28-,29?,33-,34?/m1/s1. The number of aliphatic hydroxyl groups is 1. The molecule has 1 aromatic rings. The van der Waals surface area contributed by atoms with Crippen molar-refractivity contribution in [2.24, 2.45) is 17.3 Å². The van der Waals surface area contributed by atoms with Crippen molar-refractivity contribution in [2.45, 2.75) is 112 Å². The fraction of sp³-hybridized carbons (Fsp3) is 0.590. The fourth-order valence-corrected chi connectivity index (χ4v) is 5.92. The van der Waals surface area contributed by atoms with Crippen LogP contribution in [0.3, 0.4) is 0 Å². The number of hydrogen-bond donors (Lipinski definition) is 5. The van der Waals surface area contributed by atoms with E-state index in [0.29, 0.717) is 5.57 Å². The number of aliphatic carboxylic acids is 1. The molecule has 2 rings (SSSR count). The molecule has 0 fully saturated rings. The Bertz CT molecular complexity index is 1520. The topological polar surface area (TPSA) is 185 Å². The summed E-state index contributed by atoms with van der Waals surface area (Å²) in [5.74, 6) is -3.81. The summed E-state index contributed by atoms with van der Waals surface area (Å²) in [4.78, 5) is 78.1. The van der Waals surface area contributed by atoms with Crippen LogP contribution in [0, 0.1) is 24.2 Å². The van der Waals surface area contributed by atoms with Crippen molar-refractivity contribution in [3.8, 4) is 0 Å². The summed E-state index contributed by atoms with van der Waals surface area (Å²) in [7, 11) is 1.65. The van der Waals surface area contributed by atoms with Crippen LogP contribution in [0.25, 0.3) is 0 Å². The Morgan fingerprint density at radius 1 is 1.00 bits per heavy atom. The molecule has 1 aliphatic rings. The number of aryl methyl sites for hydroxylation is 1. The minimum Gasteiger partial charge on any atom is -0.480 e. The zero-order chi connectivity index (χ0) is 39.7. The average Bonchev–Trinajstić information content (AvgIpc) is 3.38. The van der Waals surface area contributed by atoms with Gasteiger partial charge in [0.25, 0.3) is 11.8 Å². The van der Waals surface area contributed by atoms with Gasteiger partial charge in [-0.15, -0.1) is 0 Å². The largest absolute Gasteiger partial charge is 0.480 e. The Morgan fingerprint density at radius 2 is 1.60 bits per heavy atom. The van der Waals surface area contributed by atoms with Crippen LogP contribution in [0.1, 0.15) is 86.3 Å². The Balaban J connectivity index is 2.12. The van der Waals surface area contributed by atoms with Crippen LogP contribution in [0.4, 0.5) is 0 Å². The first-order valence-electron chi connectivity index (χ1n) is 17.8. The van der Waals surface area contributed by atoms with Crippen molar-refractivity contribution in [1.29, 1.82) is 0 Å². The van der Waals surface area contributed by atoms with Crippen LogP contribution in [0.15, 0.2) is 48.1 Å². The van der Waals surface area contributed by atoms with Gasteiger partial charge in [0.1, 0.15) is 18.3 Å². The van der Waals surface area contributed by atoms with E-state index < -0.39 is 64.8 Å². The van der Waals surface area contributed by atoms with Crippen molar-refractivity contribution in [2.75, 3.05) is 20.1 Å². The van der Waals surface area contributed by atoms with Gasteiger partial charge in [0.15, 0.2) is 0 Å². The molecule has 1 aliphatic heterocycles. The average molecular weight is 726 g/mol. The highest BCUT2D eigenvalue weighted by Gasteiger charge is 2.40. The van der Waals surface area contributed by atoms with Crippen molar-refractivity contribution in [3.63, 3.8) is 0 Å². The molecule has 1 aromatic carbocycles. The van der Waals surface area contributed by atoms with E-state index in [4.69, 9.17) is 0 Å². The number of carbonyl (C=O) groups excluding carboxylic acids is 5. The highest BCUT2D eigenvalue weighted by Crippen LogP contribution is 2.33. The maximum absolute atomic E-state index is 14.2. The summed E-state index contributed by atoms with van der Waals surface area (Å²) in [6, 6.07) is 5.37. The van der Waals surface area contributed by atoms with Crippen LogP contribution in [-0.4, -0.2) is 100 Å². The van der Waals surface area contributed by atoms with Crippen LogP contribution in [0.2, 0.25) is 0 Å². The lowest BCUT2D eigenvalue weighted by Gasteiger charge is -2.39. The Morgan fingerprint density at radius 3 is 2.12 bits per heavy atom. The maximum Gasteiger partial charge on any atom is 0.320 e. The highest BCUT2D eigenvalue weighted by atomic mass is 16.4. The minimum atomic E-state index is -1.41. The number of carboxylic acids is 1. The Hall–Kier alpha value is -4.36. The van der Waals surface area contributed by atoms with E-state index in [1.165, 1.54) is 0 Å². The van der Waals surface area contributed by atoms with Gasteiger partial charge in [0.2, 0.25) is 17.7 Å². The van der Waals surface area contributed by atoms with Gasteiger partial charge in [-0.05, 0) is 42.7 Å². The number of benzene rings is 1. The number of rotatable bonds is 18. The van der Waals surface area contributed by atoms with Crippen molar-refractivity contribution in [3.05, 3.63) is 59.2 Å². The number of carboxylic acid groups (broad SMARTS) is 1. The van der Waals surface area contributed by atoms with Gasteiger partial charge in [-0.1, -0.05) is 91.3 Å². The SMILES string of the molecule is C/C(=C\C(C(C)C)N(C)C(=O)[C@@H](NC(=O)[C@@H](C)C(C)(C)c1cccc(C)c1)C(C)(C)C)C(O)N[C@H](CCC(=O)NCCN1C(=O)C=CC1=O)C(=O)O. The van der Waals surface area contributed by atoms with E-state index in [1.807, 2.05) is 80.5 Å². The lowest BCUT2D eigenvalue weighted by Crippen LogP contribution is -2.58. The molecule has 13 heteroatoms. The van der Waals surface area contributed by atoms with Crippen LogP contribution >= 0.6 is 0 Å². The summed E-state index contributed by atoms with van der Waals surface area (Å²) < 4.78 is 0. The quantitative estimate of drug-likeness (QED) is 0.0862. The molecule has 0 saturated heterocycles. The molecule has 13 nitrogen and oxygen atoms in total. The number of hydrogen-bond acceptors (Lipinski definition) is 8. The molecule has 5 atom stereocenters. The van der Waals surface area contributed by atoms with E-state index >= 15 is 0 Å². The molecule has 0 spiro atoms. The second kappa shape index (κ2) is 18.4. The summed E-state index contributed by atoms with van der Waals surface area (Å²) >= 11 is 0. The summed E-state index contributed by atoms with van der Waals surface area (Å²) in [6.07, 6.45) is 2.25. The van der Waals surface area contributed by atoms with Gasteiger partial charge in [-0.2, -0.15) is 0 Å². The number of nitrogens with one attached hydrogen (secondary N) is 3. The smallest absolute Gasteiger partial charge is 0.320 e. The third-order valence-corrected chi connectivity index (χ3v) is 9.86. The molecular formula is C39H59N5O8. The zero-order valence-corrected chi connectivity index (χ0v) is 32.6. The minimum absolute atomic E-state index is 0.0120. The molecule has 5 N–H and O–H groups in total. The first-order chi connectivity index (χ1) is 24.0. The van der Waals surface area contributed by atoms with E-state index in [1.54, 1.807) is 24.9 Å².